The quantitative estimate of drug-likeness (QED) is 0.293. The molecular formula is C22H30N8O3S. The number of hydrogen-bond donors (Lipinski definition) is 2. The van der Waals surface area contributed by atoms with Crippen LogP contribution < -0.4 is 21.9 Å². The number of aromatic nitrogens is 6. The minimum absolute atomic E-state index is 0.00571. The number of nitrogens with one attached hydrogen (secondary N) is 1. The molecule has 2 aromatic heterocycles. The smallest absolute Gasteiger partial charge is 0.330 e. The molecule has 0 bridgehead atoms. The molecule has 0 spiro atoms. The first kappa shape index (κ1) is 25.2. The SMILES string of the molecule is CCCCCN(C(=O)CSc1nnnn1-c1ccccc1)c1c(N)n(CCCC)c(=O)[nH]c1=O. The Morgan fingerprint density at radius 1 is 1.12 bits per heavy atom. The number of hydrogen-bond acceptors (Lipinski definition) is 8. The van der Waals surface area contributed by atoms with Crippen LogP contribution in [0.25, 0.3) is 5.69 Å². The average Bonchev–Trinajstić information content (AvgIpc) is 3.30. The molecular weight excluding hydrogens is 456 g/mol. The molecule has 182 valence electrons. The number of carbonyl (C=O) groups excluding carboxylic acids is 1. The van der Waals surface area contributed by atoms with Crippen LogP contribution in [-0.2, 0) is 11.3 Å². The molecule has 12 heteroatoms. The summed E-state index contributed by atoms with van der Waals surface area (Å²) in [4.78, 5) is 42.1. The summed E-state index contributed by atoms with van der Waals surface area (Å²) in [5, 5.41) is 12.2. The molecule has 0 unspecified atom stereocenters. The lowest BCUT2D eigenvalue weighted by molar-refractivity contribution is -0.116. The fourth-order valence-corrected chi connectivity index (χ4v) is 4.23. The Bertz CT molecular complexity index is 1200. The van der Waals surface area contributed by atoms with Crippen LogP contribution in [0.2, 0.25) is 0 Å². The van der Waals surface area contributed by atoms with Gasteiger partial charge in [-0.05, 0) is 35.4 Å². The maximum atomic E-state index is 13.3. The summed E-state index contributed by atoms with van der Waals surface area (Å²) in [6.45, 7) is 4.73. The first-order chi connectivity index (χ1) is 16.5. The van der Waals surface area contributed by atoms with Crippen molar-refractivity contribution in [1.82, 2.24) is 29.8 Å². The maximum absolute atomic E-state index is 13.3. The fraction of sp³-hybridized carbons (Fsp3) is 0.455. The van der Waals surface area contributed by atoms with Gasteiger partial charge in [0.2, 0.25) is 11.1 Å². The third-order valence-corrected chi connectivity index (χ3v) is 6.18. The highest BCUT2D eigenvalue weighted by molar-refractivity contribution is 7.99. The van der Waals surface area contributed by atoms with Gasteiger partial charge in [0.15, 0.2) is 5.69 Å². The summed E-state index contributed by atoms with van der Waals surface area (Å²) in [5.41, 5.74) is 5.81. The molecule has 3 N–H and O–H groups in total. The third kappa shape index (κ3) is 5.93. The molecule has 3 aromatic rings. The molecule has 1 amide bonds. The molecule has 0 aliphatic heterocycles. The van der Waals surface area contributed by atoms with Crippen molar-refractivity contribution in [3.05, 3.63) is 51.2 Å². The number of carbonyl (C=O) groups is 1. The largest absolute Gasteiger partial charge is 0.383 e. The maximum Gasteiger partial charge on any atom is 0.330 e. The van der Waals surface area contributed by atoms with Gasteiger partial charge in [-0.25, -0.2) is 4.79 Å². The van der Waals surface area contributed by atoms with Crippen molar-refractivity contribution < 1.29 is 4.79 Å². The van der Waals surface area contributed by atoms with E-state index >= 15 is 0 Å². The topological polar surface area (TPSA) is 145 Å². The molecule has 0 saturated heterocycles. The van der Waals surface area contributed by atoms with E-state index in [0.717, 1.165) is 31.4 Å². The van der Waals surface area contributed by atoms with Gasteiger partial charge >= 0.3 is 5.69 Å². The Morgan fingerprint density at radius 3 is 2.56 bits per heavy atom. The Morgan fingerprint density at radius 2 is 1.85 bits per heavy atom. The summed E-state index contributed by atoms with van der Waals surface area (Å²) in [5.74, 6) is -0.320. The van der Waals surface area contributed by atoms with Crippen LogP contribution >= 0.6 is 11.8 Å². The van der Waals surface area contributed by atoms with Gasteiger partial charge in [-0.1, -0.05) is 63.1 Å². The molecule has 3 rings (SSSR count). The fourth-order valence-electron chi connectivity index (χ4n) is 3.46. The van der Waals surface area contributed by atoms with Gasteiger partial charge in [0.25, 0.3) is 5.56 Å². The third-order valence-electron chi connectivity index (χ3n) is 5.27. The molecule has 1 aromatic carbocycles. The van der Waals surface area contributed by atoms with Crippen molar-refractivity contribution in [2.75, 3.05) is 22.9 Å². The predicted molar refractivity (Wildman–Crippen MR) is 132 cm³/mol. The second-order valence-corrected chi connectivity index (χ2v) is 8.69. The van der Waals surface area contributed by atoms with Crippen molar-refractivity contribution in [2.24, 2.45) is 0 Å². The molecule has 0 radical (unpaired) electrons. The van der Waals surface area contributed by atoms with E-state index < -0.39 is 11.2 Å². The molecule has 0 fully saturated rings. The number of thioether (sulfide) groups is 1. The van der Waals surface area contributed by atoms with Gasteiger partial charge in [0.05, 0.1) is 11.4 Å². The van der Waals surface area contributed by atoms with Crippen LogP contribution in [0, 0.1) is 0 Å². The number of nitrogens with zero attached hydrogens (tertiary/aromatic N) is 6. The van der Waals surface area contributed by atoms with E-state index in [9.17, 15) is 14.4 Å². The van der Waals surface area contributed by atoms with E-state index in [0.29, 0.717) is 24.7 Å². The van der Waals surface area contributed by atoms with Crippen LogP contribution in [0.15, 0.2) is 45.1 Å². The summed E-state index contributed by atoms with van der Waals surface area (Å²) in [7, 11) is 0. The molecule has 0 aliphatic rings. The number of H-pyrrole nitrogens is 1. The Labute approximate surface area is 201 Å². The second kappa shape index (κ2) is 12.2. The van der Waals surface area contributed by atoms with Gasteiger partial charge in [0, 0.05) is 13.1 Å². The number of amides is 1. The van der Waals surface area contributed by atoms with E-state index in [1.54, 1.807) is 4.68 Å². The second-order valence-electron chi connectivity index (χ2n) is 7.75. The highest BCUT2D eigenvalue weighted by Gasteiger charge is 2.24. The van der Waals surface area contributed by atoms with Gasteiger partial charge < -0.3 is 10.6 Å². The van der Waals surface area contributed by atoms with E-state index in [1.807, 2.05) is 37.3 Å². The number of unbranched alkanes of at least 4 members (excludes halogenated alkanes) is 3. The van der Waals surface area contributed by atoms with E-state index in [2.05, 4.69) is 27.4 Å². The monoisotopic (exact) mass is 486 g/mol. The highest BCUT2D eigenvalue weighted by Crippen LogP contribution is 2.22. The Kier molecular flexibility index (Phi) is 9.02. The Hall–Kier alpha value is -3.41. The molecule has 2 heterocycles. The molecule has 11 nitrogen and oxygen atoms in total. The van der Waals surface area contributed by atoms with Gasteiger partial charge in [-0.3, -0.25) is 19.1 Å². The number of nitrogen functional groups attached to an aromatic ring is 1. The summed E-state index contributed by atoms with van der Waals surface area (Å²) >= 11 is 1.17. The minimum atomic E-state index is -0.667. The summed E-state index contributed by atoms with van der Waals surface area (Å²) < 4.78 is 2.87. The number of para-hydroxylation sites is 1. The van der Waals surface area contributed by atoms with Crippen LogP contribution in [0.5, 0.6) is 0 Å². The van der Waals surface area contributed by atoms with Crippen LogP contribution in [0.1, 0.15) is 46.0 Å². The van der Waals surface area contributed by atoms with Gasteiger partial charge in [-0.2, -0.15) is 4.68 Å². The van der Waals surface area contributed by atoms with E-state index in [-0.39, 0.29) is 23.2 Å². The van der Waals surface area contributed by atoms with Crippen molar-refractivity contribution in [1.29, 1.82) is 0 Å². The van der Waals surface area contributed by atoms with Crippen LogP contribution in [-0.4, -0.2) is 48.0 Å². The minimum Gasteiger partial charge on any atom is -0.383 e. The van der Waals surface area contributed by atoms with E-state index in [4.69, 9.17) is 5.73 Å². The first-order valence-corrected chi connectivity index (χ1v) is 12.4. The standard InChI is InChI=1S/C22H30N8O3S/c1-3-5-10-14-28(18-19(23)29(13-6-4-2)21(33)24-20(18)32)17(31)15-34-22-25-26-27-30(22)16-11-8-7-9-12-16/h7-9,11-12H,3-6,10,13-15,23H2,1-2H3,(H,24,32,33). The average molecular weight is 487 g/mol. The van der Waals surface area contributed by atoms with Gasteiger partial charge in [0.1, 0.15) is 5.82 Å². The molecule has 0 atom stereocenters. The van der Waals surface area contributed by atoms with Crippen molar-refractivity contribution in [3.8, 4) is 5.69 Å². The lowest BCUT2D eigenvalue weighted by atomic mass is 10.2. The van der Waals surface area contributed by atoms with Crippen LogP contribution in [0.4, 0.5) is 11.5 Å². The molecule has 0 saturated carbocycles. The number of anilines is 2. The zero-order chi connectivity index (χ0) is 24.5. The number of benzene rings is 1. The zero-order valence-corrected chi connectivity index (χ0v) is 20.3. The highest BCUT2D eigenvalue weighted by atomic mass is 32.2. The molecule has 0 aliphatic carbocycles. The van der Waals surface area contributed by atoms with Crippen molar-refractivity contribution in [3.63, 3.8) is 0 Å². The molecule has 34 heavy (non-hydrogen) atoms. The van der Waals surface area contributed by atoms with Crippen molar-refractivity contribution >= 4 is 29.2 Å². The number of tetrazole rings is 1. The zero-order valence-electron chi connectivity index (χ0n) is 19.4. The van der Waals surface area contributed by atoms with Gasteiger partial charge in [-0.15, -0.1) is 5.10 Å². The lowest BCUT2D eigenvalue weighted by Gasteiger charge is -2.24. The Balaban J connectivity index is 1.88. The number of aromatic amines is 1. The van der Waals surface area contributed by atoms with Crippen molar-refractivity contribution in [2.45, 2.75) is 57.7 Å². The number of nitrogens with two attached hydrogens (primary N) is 1. The normalized spacial score (nSPS) is 11.0. The summed E-state index contributed by atoms with van der Waals surface area (Å²) in [6.07, 6.45) is 4.10. The first-order valence-electron chi connectivity index (χ1n) is 11.4. The number of rotatable bonds is 12. The van der Waals surface area contributed by atoms with E-state index in [1.165, 1.54) is 21.2 Å². The lowest BCUT2D eigenvalue weighted by Crippen LogP contribution is -2.42. The summed E-state index contributed by atoms with van der Waals surface area (Å²) in [6, 6.07) is 9.35. The predicted octanol–water partition coefficient (Wildman–Crippen LogP) is 2.21. The van der Waals surface area contributed by atoms with Crippen LogP contribution in [0.3, 0.4) is 0 Å².